The topological polar surface area (TPSA) is 0 Å². The van der Waals surface area contributed by atoms with E-state index in [-0.39, 0.29) is 103 Å². The Morgan fingerprint density at radius 2 is 0.750 bits per heavy atom. The van der Waals surface area contributed by atoms with E-state index in [1.807, 2.05) is 0 Å². The van der Waals surface area contributed by atoms with Crippen LogP contribution in [0.4, 0.5) is 0 Å². The predicted molar refractivity (Wildman–Crippen MR) is 78.9 cm³/mol. The molecule has 0 spiro atoms. The SMILES string of the molecule is Br.Br.Br.I[I-]I.[InH3].[InH3]. The Morgan fingerprint density at radius 1 is 0.750 bits per heavy atom. The molecule has 0 aliphatic carbocycles. The Kier molecular flexibility index (Phi) is 186. The molecule has 0 aromatic heterocycles. The van der Waals surface area contributed by atoms with Crippen molar-refractivity contribution < 1.29 is 13.3 Å². The summed E-state index contributed by atoms with van der Waals surface area (Å²) in [6.07, 6.45) is 0. The first-order valence-corrected chi connectivity index (χ1v) is 12.9. The Hall–Kier alpha value is 5.37. The third kappa shape index (κ3) is 42.4. The van der Waals surface area contributed by atoms with Crippen LogP contribution in [0.3, 0.4) is 0 Å². The van der Waals surface area contributed by atoms with Crippen molar-refractivity contribution in [3.63, 3.8) is 0 Å². The third-order valence-electron chi connectivity index (χ3n) is 0. The van der Waals surface area contributed by atoms with Crippen LogP contribution < -0.4 is 13.3 Å². The van der Waals surface area contributed by atoms with E-state index in [9.17, 15) is 0 Å². The van der Waals surface area contributed by atoms with Crippen LogP contribution in [0.15, 0.2) is 0 Å². The first-order chi connectivity index (χ1) is 1.41. The molecule has 0 fully saturated rings. The molecule has 0 bridgehead atoms. The summed E-state index contributed by atoms with van der Waals surface area (Å²) < 4.78 is 0. The van der Waals surface area contributed by atoms with Crippen LogP contribution in [0.1, 0.15) is 0 Å². The molecule has 0 aromatic carbocycles. The molecule has 0 rings (SSSR count). The summed E-state index contributed by atoms with van der Waals surface area (Å²) in [4.78, 5) is 0. The first-order valence-electron chi connectivity index (χ1n) is 0.286. The van der Waals surface area contributed by atoms with Crippen molar-refractivity contribution in [1.82, 2.24) is 0 Å². The van der Waals surface area contributed by atoms with Gasteiger partial charge in [0.2, 0.25) is 0 Å². The van der Waals surface area contributed by atoms with Gasteiger partial charge < -0.3 is 0 Å². The van der Waals surface area contributed by atoms with Crippen molar-refractivity contribution in [2.45, 2.75) is 0 Å². The van der Waals surface area contributed by atoms with Crippen molar-refractivity contribution >= 4 is 140 Å². The average Bonchev–Trinajstić information content (AvgIpc) is 0.918. The zero-order valence-electron chi connectivity index (χ0n) is 2.36. The monoisotopic (exact) mass is 856 g/mol. The van der Waals surface area contributed by atoms with Gasteiger partial charge in [-0.3, -0.25) is 0 Å². The molecule has 0 amide bonds. The summed E-state index contributed by atoms with van der Waals surface area (Å²) in [6, 6.07) is 0. The van der Waals surface area contributed by atoms with Crippen LogP contribution >= 0.6 is 88.2 Å². The Morgan fingerprint density at radius 3 is 0.750 bits per heavy atom. The molecule has 8 heavy (non-hydrogen) atoms. The molecule has 0 aliphatic heterocycles. The van der Waals surface area contributed by atoms with Gasteiger partial charge in [-0.15, -0.1) is 50.9 Å². The minimum absolute atomic E-state index is 0. The van der Waals surface area contributed by atoms with Gasteiger partial charge in [-0.1, -0.05) is 0 Å². The van der Waals surface area contributed by atoms with E-state index >= 15 is 0 Å². The number of halogens is 6. The Labute approximate surface area is 149 Å². The van der Waals surface area contributed by atoms with Gasteiger partial charge >= 0.3 is 102 Å². The van der Waals surface area contributed by atoms with Crippen LogP contribution in [0.5, 0.6) is 0 Å². The quantitative estimate of drug-likeness (QED) is 0.252. The van der Waals surface area contributed by atoms with Crippen LogP contribution in [-0.4, -0.2) is 51.7 Å². The zero-order chi connectivity index (χ0) is 2.71. The van der Waals surface area contributed by atoms with Crippen LogP contribution in [-0.2, 0) is 0 Å². The van der Waals surface area contributed by atoms with Gasteiger partial charge in [0.05, 0.1) is 0 Å². The second kappa shape index (κ2) is 39.4. The molecule has 0 aromatic rings. The predicted octanol–water partition coefficient (Wildman–Crippen LogP) is -1.86. The summed E-state index contributed by atoms with van der Waals surface area (Å²) in [5.41, 5.74) is 0. The molecule has 0 heterocycles. The molecular formula is H9Br3I3In2-. The summed E-state index contributed by atoms with van der Waals surface area (Å²) in [6.45, 7) is 0. The molecule has 0 saturated carbocycles. The number of hydrogen-bond donors (Lipinski definition) is 0. The van der Waals surface area contributed by atoms with E-state index < -0.39 is 0 Å². The van der Waals surface area contributed by atoms with E-state index in [0.717, 1.165) is 0 Å². The summed E-state index contributed by atoms with van der Waals surface area (Å²) in [5.74, 6) is 0. The molecule has 0 nitrogen and oxygen atoms in total. The van der Waals surface area contributed by atoms with E-state index in [1.165, 1.54) is 0 Å². The molecule has 0 saturated heterocycles. The van der Waals surface area contributed by atoms with Crippen LogP contribution in [0.25, 0.3) is 0 Å². The van der Waals surface area contributed by atoms with Crippen molar-refractivity contribution in [2.24, 2.45) is 0 Å². The van der Waals surface area contributed by atoms with Gasteiger partial charge in [0.15, 0.2) is 0 Å². The maximum atomic E-state index is 2.39. The van der Waals surface area contributed by atoms with Gasteiger partial charge in [0.25, 0.3) is 0 Å². The van der Waals surface area contributed by atoms with E-state index in [4.69, 9.17) is 0 Å². The molecular weight excluding hydrogens is 850 g/mol. The average molecular weight is 859 g/mol. The molecule has 8 heteroatoms. The van der Waals surface area contributed by atoms with Crippen molar-refractivity contribution in [3.05, 3.63) is 0 Å². The summed E-state index contributed by atoms with van der Waals surface area (Å²) in [5, 5.41) is 0. The summed E-state index contributed by atoms with van der Waals surface area (Å²) >= 11 is 5.30. The fourth-order valence-corrected chi connectivity index (χ4v) is 0. The van der Waals surface area contributed by atoms with E-state index in [0.29, 0.717) is 13.3 Å². The Bertz CT molecular complexity index is 12.5. The van der Waals surface area contributed by atoms with Crippen molar-refractivity contribution in [2.75, 3.05) is 0 Å². The second-order valence-corrected chi connectivity index (χ2v) is 16.3. The van der Waals surface area contributed by atoms with Crippen molar-refractivity contribution in [1.29, 1.82) is 0 Å². The molecule has 58 valence electrons. The van der Waals surface area contributed by atoms with Crippen LogP contribution in [0.2, 0.25) is 0 Å². The minimum atomic E-state index is 0. The van der Waals surface area contributed by atoms with Crippen molar-refractivity contribution in [3.8, 4) is 0 Å². The van der Waals surface area contributed by atoms with Gasteiger partial charge in [0, 0.05) is 0 Å². The number of rotatable bonds is 0. The van der Waals surface area contributed by atoms with E-state index in [1.54, 1.807) is 0 Å². The fraction of sp³-hybridized carbons (Fsp3) is 0. The molecule has 0 N–H and O–H groups in total. The Balaban J connectivity index is -0.00000000200. The van der Waals surface area contributed by atoms with Crippen LogP contribution in [0, 0.1) is 0 Å². The molecule has 0 radical (unpaired) electrons. The second-order valence-electron chi connectivity index (χ2n) is 0.0540. The summed E-state index contributed by atoms with van der Waals surface area (Å²) in [7, 11) is 0. The molecule has 0 atom stereocenters. The zero-order valence-corrected chi connectivity index (χ0v) is 14.0. The normalized spacial score (nSPS) is 2.75. The first kappa shape index (κ1) is 37.7. The molecule has 0 unspecified atom stereocenters. The third-order valence-corrected chi connectivity index (χ3v) is 0. The van der Waals surface area contributed by atoms with Gasteiger partial charge in [0.1, 0.15) is 0 Å². The van der Waals surface area contributed by atoms with E-state index in [2.05, 4.69) is 37.2 Å². The van der Waals surface area contributed by atoms with Gasteiger partial charge in [-0.05, 0) is 0 Å². The van der Waals surface area contributed by atoms with Gasteiger partial charge in [-0.2, -0.15) is 0 Å². The van der Waals surface area contributed by atoms with Gasteiger partial charge in [-0.25, -0.2) is 0 Å². The number of hydrogen-bond acceptors (Lipinski definition) is 0. The fourth-order valence-electron chi connectivity index (χ4n) is 0. The maximum absolute atomic E-state index is 2.39. The molecule has 0 aliphatic rings. The standard InChI is InChI=1S/3BrH.I3.2In.6H/c;;;1-3-2;;;;;;;;/h3*1H;;;;;;;;;/q;;;-1;;;;;;;;.